The molecule has 98 valence electrons. The Bertz CT molecular complexity index is 612. The molecule has 0 aliphatic carbocycles. The molecular weight excluding hydrogens is 363 g/mol. The monoisotopic (exact) mass is 372 g/mol. The number of hydrogen-bond acceptors (Lipinski definition) is 4. The van der Waals surface area contributed by atoms with Gasteiger partial charge in [-0.1, -0.05) is 0 Å². The molecule has 0 atom stereocenters. The summed E-state index contributed by atoms with van der Waals surface area (Å²) in [6.07, 6.45) is 3.11. The van der Waals surface area contributed by atoms with Gasteiger partial charge in [-0.2, -0.15) is 0 Å². The molecule has 2 N–H and O–H groups in total. The first kappa shape index (κ1) is 13.5. The van der Waals surface area contributed by atoms with Gasteiger partial charge in [0.25, 0.3) is 11.6 Å². The predicted molar refractivity (Wildman–Crippen MR) is 75.6 cm³/mol. The molecule has 8 heteroatoms. The van der Waals surface area contributed by atoms with Crippen molar-refractivity contribution in [2.45, 2.75) is 6.54 Å². The zero-order valence-corrected chi connectivity index (χ0v) is 11.7. The highest BCUT2D eigenvalue weighted by molar-refractivity contribution is 14.1. The van der Waals surface area contributed by atoms with Gasteiger partial charge in [0.05, 0.1) is 29.1 Å². The molecule has 0 saturated carbocycles. The SMILES string of the molecule is O=C(NCc1cnc[nH]1)c1cc([N+](=O)[O-])ccc1I. The summed E-state index contributed by atoms with van der Waals surface area (Å²) in [6.45, 7) is 0.289. The average molecular weight is 372 g/mol. The second kappa shape index (κ2) is 5.78. The van der Waals surface area contributed by atoms with E-state index in [1.807, 2.05) is 22.6 Å². The van der Waals surface area contributed by atoms with Crippen molar-refractivity contribution in [3.63, 3.8) is 0 Å². The van der Waals surface area contributed by atoms with Gasteiger partial charge < -0.3 is 10.3 Å². The molecule has 19 heavy (non-hydrogen) atoms. The molecule has 2 aromatic rings. The minimum atomic E-state index is -0.526. The van der Waals surface area contributed by atoms with Crippen LogP contribution < -0.4 is 5.32 Å². The molecule has 0 fully saturated rings. The summed E-state index contributed by atoms with van der Waals surface area (Å²) in [5, 5.41) is 13.4. The average Bonchev–Trinajstić information content (AvgIpc) is 2.89. The Morgan fingerprint density at radius 3 is 2.95 bits per heavy atom. The first-order valence-electron chi connectivity index (χ1n) is 5.27. The van der Waals surface area contributed by atoms with E-state index in [0.717, 1.165) is 5.69 Å². The normalized spacial score (nSPS) is 10.2. The van der Waals surface area contributed by atoms with Crippen LogP contribution in [0.1, 0.15) is 16.1 Å². The number of nitro benzene ring substituents is 1. The molecule has 0 aliphatic heterocycles. The molecule has 1 heterocycles. The molecule has 0 radical (unpaired) electrons. The number of halogens is 1. The number of rotatable bonds is 4. The van der Waals surface area contributed by atoms with Crippen LogP contribution in [0.25, 0.3) is 0 Å². The van der Waals surface area contributed by atoms with E-state index in [2.05, 4.69) is 15.3 Å². The molecule has 2 rings (SSSR count). The van der Waals surface area contributed by atoms with Gasteiger partial charge in [-0.15, -0.1) is 0 Å². The molecule has 0 unspecified atom stereocenters. The molecular formula is C11H9IN4O3. The van der Waals surface area contributed by atoms with Crippen molar-refractivity contribution in [3.8, 4) is 0 Å². The second-order valence-electron chi connectivity index (χ2n) is 3.68. The van der Waals surface area contributed by atoms with E-state index < -0.39 is 4.92 Å². The molecule has 0 bridgehead atoms. The molecule has 1 aromatic heterocycles. The van der Waals surface area contributed by atoms with E-state index in [1.54, 1.807) is 12.3 Å². The zero-order valence-electron chi connectivity index (χ0n) is 9.59. The number of carbonyl (C=O) groups excluding carboxylic acids is 1. The van der Waals surface area contributed by atoms with Crippen LogP contribution in [0.5, 0.6) is 0 Å². The van der Waals surface area contributed by atoms with Gasteiger partial charge in [-0.3, -0.25) is 14.9 Å². The first-order chi connectivity index (χ1) is 9.08. The van der Waals surface area contributed by atoms with Gasteiger partial charge >= 0.3 is 0 Å². The van der Waals surface area contributed by atoms with Gasteiger partial charge in [0.1, 0.15) is 0 Å². The number of carbonyl (C=O) groups is 1. The fraction of sp³-hybridized carbons (Fsp3) is 0.0909. The largest absolute Gasteiger partial charge is 0.347 e. The van der Waals surface area contributed by atoms with Gasteiger partial charge in [-0.25, -0.2) is 4.98 Å². The molecule has 7 nitrogen and oxygen atoms in total. The Hall–Kier alpha value is -1.97. The van der Waals surface area contributed by atoms with E-state index in [9.17, 15) is 14.9 Å². The van der Waals surface area contributed by atoms with Crippen molar-refractivity contribution in [3.05, 3.63) is 55.7 Å². The first-order valence-corrected chi connectivity index (χ1v) is 6.35. The second-order valence-corrected chi connectivity index (χ2v) is 4.84. The minimum absolute atomic E-state index is 0.105. The van der Waals surface area contributed by atoms with Crippen LogP contribution >= 0.6 is 22.6 Å². The molecule has 0 aliphatic rings. The predicted octanol–water partition coefficient (Wildman–Crippen LogP) is 1.85. The topological polar surface area (TPSA) is 101 Å². The van der Waals surface area contributed by atoms with Gasteiger partial charge in [0, 0.05) is 21.9 Å². The maximum absolute atomic E-state index is 12.0. The highest BCUT2D eigenvalue weighted by Gasteiger charge is 2.15. The Morgan fingerprint density at radius 2 is 2.32 bits per heavy atom. The Kier molecular flexibility index (Phi) is 4.10. The van der Waals surface area contributed by atoms with Crippen molar-refractivity contribution in [1.82, 2.24) is 15.3 Å². The van der Waals surface area contributed by atoms with Gasteiger partial charge in [0.15, 0.2) is 0 Å². The van der Waals surface area contributed by atoms with Crippen LogP contribution in [0.2, 0.25) is 0 Å². The Labute approximate surface area is 121 Å². The van der Waals surface area contributed by atoms with Crippen LogP contribution in [0, 0.1) is 13.7 Å². The van der Waals surface area contributed by atoms with Crippen LogP contribution in [0.3, 0.4) is 0 Å². The van der Waals surface area contributed by atoms with Crippen LogP contribution in [-0.4, -0.2) is 20.8 Å². The quantitative estimate of drug-likeness (QED) is 0.486. The fourth-order valence-electron chi connectivity index (χ4n) is 1.45. The fourth-order valence-corrected chi connectivity index (χ4v) is 2.03. The van der Waals surface area contributed by atoms with E-state index in [1.165, 1.54) is 18.5 Å². The lowest BCUT2D eigenvalue weighted by molar-refractivity contribution is -0.384. The van der Waals surface area contributed by atoms with Crippen molar-refractivity contribution < 1.29 is 9.72 Å². The van der Waals surface area contributed by atoms with Gasteiger partial charge in [-0.05, 0) is 28.7 Å². The third-order valence-corrected chi connectivity index (χ3v) is 3.34. The van der Waals surface area contributed by atoms with Gasteiger partial charge in [0.2, 0.25) is 0 Å². The number of nitrogens with zero attached hydrogens (tertiary/aromatic N) is 2. The molecule has 1 amide bonds. The minimum Gasteiger partial charge on any atom is -0.347 e. The number of nitrogens with one attached hydrogen (secondary N) is 2. The number of hydrogen-bond donors (Lipinski definition) is 2. The smallest absolute Gasteiger partial charge is 0.270 e. The zero-order chi connectivity index (χ0) is 13.8. The number of aromatic amines is 1. The Morgan fingerprint density at radius 1 is 1.53 bits per heavy atom. The third kappa shape index (κ3) is 3.28. The number of benzene rings is 1. The van der Waals surface area contributed by atoms with Crippen LogP contribution in [0.4, 0.5) is 5.69 Å². The summed E-state index contributed by atoms with van der Waals surface area (Å²) < 4.78 is 0.658. The lowest BCUT2D eigenvalue weighted by Crippen LogP contribution is -2.23. The Balaban J connectivity index is 2.14. The lowest BCUT2D eigenvalue weighted by atomic mass is 10.2. The van der Waals surface area contributed by atoms with E-state index in [4.69, 9.17) is 0 Å². The highest BCUT2D eigenvalue weighted by atomic mass is 127. The number of amides is 1. The van der Waals surface area contributed by atoms with E-state index in [0.29, 0.717) is 3.57 Å². The molecule has 0 spiro atoms. The number of H-pyrrole nitrogens is 1. The highest BCUT2D eigenvalue weighted by Crippen LogP contribution is 2.19. The van der Waals surface area contributed by atoms with E-state index >= 15 is 0 Å². The van der Waals surface area contributed by atoms with Crippen LogP contribution in [0.15, 0.2) is 30.7 Å². The maximum atomic E-state index is 12.0. The van der Waals surface area contributed by atoms with Crippen LogP contribution in [-0.2, 0) is 6.54 Å². The number of aromatic nitrogens is 2. The lowest BCUT2D eigenvalue weighted by Gasteiger charge is -2.05. The summed E-state index contributed by atoms with van der Waals surface area (Å²) >= 11 is 1.97. The summed E-state index contributed by atoms with van der Waals surface area (Å²) in [4.78, 5) is 28.8. The van der Waals surface area contributed by atoms with Crippen molar-refractivity contribution in [1.29, 1.82) is 0 Å². The molecule has 0 saturated heterocycles. The van der Waals surface area contributed by atoms with Crippen molar-refractivity contribution >= 4 is 34.2 Å². The third-order valence-electron chi connectivity index (χ3n) is 2.40. The standard InChI is InChI=1S/C11H9IN4O3/c12-10-2-1-8(16(18)19)3-9(10)11(17)14-5-7-4-13-6-15-7/h1-4,6H,5H2,(H,13,15)(H,14,17). The van der Waals surface area contributed by atoms with E-state index in [-0.39, 0.29) is 23.7 Å². The molecule has 1 aromatic carbocycles. The maximum Gasteiger partial charge on any atom is 0.270 e. The number of nitro groups is 1. The summed E-state index contributed by atoms with van der Waals surface area (Å²) in [7, 11) is 0. The summed E-state index contributed by atoms with van der Waals surface area (Å²) in [6, 6.07) is 4.18. The van der Waals surface area contributed by atoms with Crippen molar-refractivity contribution in [2.24, 2.45) is 0 Å². The summed E-state index contributed by atoms with van der Waals surface area (Å²) in [5.41, 5.74) is 0.940. The number of imidazole rings is 1. The number of non-ortho nitro benzene ring substituents is 1. The van der Waals surface area contributed by atoms with Crippen molar-refractivity contribution in [2.75, 3.05) is 0 Å². The summed E-state index contributed by atoms with van der Waals surface area (Å²) in [5.74, 6) is -0.359.